The number of pyridine rings is 1. The van der Waals surface area contributed by atoms with E-state index in [1.807, 2.05) is 6.07 Å². The van der Waals surface area contributed by atoms with E-state index in [2.05, 4.69) is 26.9 Å². The predicted molar refractivity (Wildman–Crippen MR) is 203 cm³/mol. The molecule has 1 aliphatic heterocycles. The molecule has 1 saturated heterocycles. The maximum absolute atomic E-state index is 14.5. The van der Waals surface area contributed by atoms with Crippen LogP contribution in [0, 0.1) is 11.3 Å². The molecule has 296 valence electrons. The SMILES string of the molecule is C=C[C@@H]1C[C@]1(NC(=O)[C@@H]1C[C@@H](Oc2nccc3cc(OC)ccc23)CN1C(=O)[C@@H](NC(=O)OC(C)(C)C)C(C)(C)C)C(=O)NS(=O)(=O)c1ccc(OC)cc1. The van der Waals surface area contributed by atoms with Gasteiger partial charge in [-0.1, -0.05) is 26.8 Å². The number of carbonyl (C=O) groups is 4. The van der Waals surface area contributed by atoms with Crippen molar-refractivity contribution in [3.8, 4) is 17.4 Å². The first-order valence-electron chi connectivity index (χ1n) is 17.8. The van der Waals surface area contributed by atoms with Gasteiger partial charge in [0.2, 0.25) is 17.7 Å². The minimum Gasteiger partial charge on any atom is -0.497 e. The number of nitrogens with one attached hydrogen (secondary N) is 3. The Bertz CT molecular complexity index is 2080. The lowest BCUT2D eigenvalue weighted by atomic mass is 9.85. The third kappa shape index (κ3) is 9.12. The Morgan fingerprint density at radius 1 is 0.982 bits per heavy atom. The molecule has 1 saturated carbocycles. The Balaban J connectivity index is 1.45. The van der Waals surface area contributed by atoms with Gasteiger partial charge in [-0.2, -0.15) is 0 Å². The van der Waals surface area contributed by atoms with Crippen LogP contribution in [0.1, 0.15) is 54.4 Å². The molecule has 1 aromatic heterocycles. The molecular weight excluding hydrogens is 731 g/mol. The first-order valence-corrected chi connectivity index (χ1v) is 19.2. The zero-order chi connectivity index (χ0) is 40.5. The number of benzene rings is 2. The molecule has 4 amide bonds. The average Bonchev–Trinajstić information content (AvgIpc) is 3.67. The van der Waals surface area contributed by atoms with Crippen molar-refractivity contribution in [3.05, 3.63) is 67.4 Å². The van der Waals surface area contributed by atoms with Crippen LogP contribution in [0.4, 0.5) is 4.79 Å². The maximum Gasteiger partial charge on any atom is 0.408 e. The van der Waals surface area contributed by atoms with Crippen molar-refractivity contribution in [3.63, 3.8) is 0 Å². The summed E-state index contributed by atoms with van der Waals surface area (Å²) in [6.07, 6.45) is 1.52. The van der Waals surface area contributed by atoms with Gasteiger partial charge in [-0.3, -0.25) is 14.4 Å². The van der Waals surface area contributed by atoms with Crippen LogP contribution >= 0.6 is 0 Å². The number of likely N-dealkylation sites (tertiary alicyclic amines) is 1. The molecule has 3 aromatic rings. The standard InChI is InChI=1S/C39H49N5O10S/c1-10-24-21-39(24,35(47)43-55(49,50)28-14-11-25(51-8)12-15-28)42-32(45)30-20-27(53-33-29-16-13-26(52-9)19-23(29)17-18-40-33)22-44(30)34(46)31(37(2,3)4)41-36(48)54-38(5,6)7/h10-19,24,27,30-31H,1,20-22H2,2-9H3,(H,41,48)(H,42,45)(H,43,47)/t24-,27-,30+,31-,39-/m1/s1. The molecule has 2 aromatic carbocycles. The smallest absolute Gasteiger partial charge is 0.408 e. The van der Waals surface area contributed by atoms with E-state index >= 15 is 0 Å². The average molecular weight is 780 g/mol. The number of amides is 4. The Morgan fingerprint density at radius 2 is 1.64 bits per heavy atom. The number of ether oxygens (including phenoxy) is 4. The van der Waals surface area contributed by atoms with Gasteiger partial charge in [-0.15, -0.1) is 6.58 Å². The van der Waals surface area contributed by atoms with Crippen molar-refractivity contribution in [2.75, 3.05) is 20.8 Å². The number of sulfonamides is 1. The molecule has 0 spiro atoms. The topological polar surface area (TPSA) is 192 Å². The van der Waals surface area contributed by atoms with Gasteiger partial charge < -0.3 is 34.5 Å². The highest BCUT2D eigenvalue weighted by Gasteiger charge is 2.61. The summed E-state index contributed by atoms with van der Waals surface area (Å²) in [5.74, 6) is -1.54. The van der Waals surface area contributed by atoms with Crippen molar-refractivity contribution in [1.82, 2.24) is 25.2 Å². The van der Waals surface area contributed by atoms with Crippen LogP contribution in [0.25, 0.3) is 10.8 Å². The molecule has 1 aliphatic carbocycles. The highest BCUT2D eigenvalue weighted by atomic mass is 32.2. The lowest BCUT2D eigenvalue weighted by Gasteiger charge is -2.36. The molecule has 0 radical (unpaired) electrons. The van der Waals surface area contributed by atoms with E-state index in [-0.39, 0.29) is 30.2 Å². The summed E-state index contributed by atoms with van der Waals surface area (Å²) >= 11 is 0. The number of hydrogen-bond acceptors (Lipinski definition) is 11. The van der Waals surface area contributed by atoms with Gasteiger partial charge in [0.05, 0.1) is 25.7 Å². The molecule has 15 nitrogen and oxygen atoms in total. The van der Waals surface area contributed by atoms with Crippen molar-refractivity contribution in [1.29, 1.82) is 0 Å². The first-order chi connectivity index (χ1) is 25.7. The fraction of sp³-hybridized carbons (Fsp3) is 0.462. The number of hydrogen-bond donors (Lipinski definition) is 3. The summed E-state index contributed by atoms with van der Waals surface area (Å²) in [6, 6.07) is 10.3. The summed E-state index contributed by atoms with van der Waals surface area (Å²) in [7, 11) is -1.35. The zero-order valence-electron chi connectivity index (χ0n) is 32.3. The Hall–Kier alpha value is -5.38. The molecule has 5 atom stereocenters. The highest BCUT2D eigenvalue weighted by molar-refractivity contribution is 7.90. The molecule has 2 heterocycles. The monoisotopic (exact) mass is 779 g/mol. The number of methoxy groups -OCH3 is 2. The second-order valence-electron chi connectivity index (χ2n) is 15.7. The van der Waals surface area contributed by atoms with Gasteiger partial charge >= 0.3 is 6.09 Å². The van der Waals surface area contributed by atoms with Gasteiger partial charge in [0.25, 0.3) is 15.9 Å². The van der Waals surface area contributed by atoms with Gasteiger partial charge in [0, 0.05) is 23.9 Å². The van der Waals surface area contributed by atoms with Crippen molar-refractivity contribution < 1.29 is 46.5 Å². The molecule has 0 unspecified atom stereocenters. The minimum atomic E-state index is -4.35. The van der Waals surface area contributed by atoms with E-state index in [0.29, 0.717) is 16.9 Å². The fourth-order valence-corrected chi connectivity index (χ4v) is 7.52. The summed E-state index contributed by atoms with van der Waals surface area (Å²) in [4.78, 5) is 61.2. The second-order valence-corrected chi connectivity index (χ2v) is 17.4. The molecule has 2 fully saturated rings. The molecule has 16 heteroatoms. The number of alkyl carbamates (subject to hydrolysis) is 1. The number of fused-ring (bicyclic) bond motifs is 1. The fourth-order valence-electron chi connectivity index (χ4n) is 6.49. The first kappa shape index (κ1) is 40.8. The summed E-state index contributed by atoms with van der Waals surface area (Å²) in [5, 5.41) is 6.92. The predicted octanol–water partition coefficient (Wildman–Crippen LogP) is 4.11. The van der Waals surface area contributed by atoms with Crippen LogP contribution in [0.5, 0.6) is 17.4 Å². The van der Waals surface area contributed by atoms with Crippen LogP contribution < -0.4 is 29.6 Å². The van der Waals surface area contributed by atoms with Crippen LogP contribution in [0.15, 0.2) is 72.3 Å². The van der Waals surface area contributed by atoms with Crippen molar-refractivity contribution in [2.24, 2.45) is 11.3 Å². The third-order valence-electron chi connectivity index (χ3n) is 9.48. The van der Waals surface area contributed by atoms with Crippen LogP contribution in [0.2, 0.25) is 0 Å². The van der Waals surface area contributed by atoms with E-state index in [0.717, 1.165) is 5.39 Å². The van der Waals surface area contributed by atoms with Crippen LogP contribution in [0.3, 0.4) is 0 Å². The molecule has 0 bridgehead atoms. The van der Waals surface area contributed by atoms with Gasteiger partial charge in [0.1, 0.15) is 40.8 Å². The minimum absolute atomic E-state index is 0.0182. The third-order valence-corrected chi connectivity index (χ3v) is 10.8. The van der Waals surface area contributed by atoms with Crippen molar-refractivity contribution >= 4 is 44.6 Å². The largest absolute Gasteiger partial charge is 0.497 e. The van der Waals surface area contributed by atoms with Gasteiger partial charge in [-0.05, 0) is 86.5 Å². The number of rotatable bonds is 12. The Morgan fingerprint density at radius 3 is 2.22 bits per heavy atom. The summed E-state index contributed by atoms with van der Waals surface area (Å²) in [5.41, 5.74) is -3.35. The molecule has 5 rings (SSSR count). The van der Waals surface area contributed by atoms with Gasteiger partial charge in [0.15, 0.2) is 0 Å². The Labute approximate surface area is 321 Å². The quantitative estimate of drug-likeness (QED) is 0.224. The molecule has 2 aliphatic rings. The van der Waals surface area contributed by atoms with E-state index in [1.54, 1.807) is 73.0 Å². The molecule has 3 N–H and O–H groups in total. The Kier molecular flexibility index (Phi) is 11.4. The number of nitrogens with zero attached hydrogens (tertiary/aromatic N) is 2. The van der Waals surface area contributed by atoms with E-state index < -0.39 is 74.5 Å². The van der Waals surface area contributed by atoms with Crippen molar-refractivity contribution in [2.45, 2.75) is 88.6 Å². The molecular formula is C39H49N5O10S. The van der Waals surface area contributed by atoms with Crippen LogP contribution in [-0.2, 0) is 29.1 Å². The second kappa shape index (κ2) is 15.4. The van der Waals surface area contributed by atoms with Gasteiger partial charge in [-0.25, -0.2) is 22.9 Å². The number of carbonyl (C=O) groups excluding carboxylic acids is 4. The lowest BCUT2D eigenvalue weighted by Crippen LogP contribution is -2.60. The summed E-state index contributed by atoms with van der Waals surface area (Å²) in [6.45, 7) is 14.1. The van der Waals surface area contributed by atoms with E-state index in [1.165, 1.54) is 42.4 Å². The number of aromatic nitrogens is 1. The highest BCUT2D eigenvalue weighted by Crippen LogP contribution is 2.45. The van der Waals surface area contributed by atoms with E-state index in [9.17, 15) is 27.6 Å². The van der Waals surface area contributed by atoms with E-state index in [4.69, 9.17) is 18.9 Å². The maximum atomic E-state index is 14.5. The van der Waals surface area contributed by atoms with Crippen LogP contribution in [-0.4, -0.2) is 92.2 Å². The normalized spacial score (nSPS) is 21.5. The lowest BCUT2D eigenvalue weighted by molar-refractivity contribution is -0.143. The summed E-state index contributed by atoms with van der Waals surface area (Å²) < 4.78 is 50.9. The zero-order valence-corrected chi connectivity index (χ0v) is 33.1. The molecule has 55 heavy (non-hydrogen) atoms.